The Kier molecular flexibility index (Phi) is 3.17. The Labute approximate surface area is 108 Å². The first kappa shape index (κ1) is 11.5. The van der Waals surface area contributed by atoms with E-state index in [-0.39, 0.29) is 0 Å². The highest BCUT2D eigenvalue weighted by Crippen LogP contribution is 2.35. The zero-order valence-corrected chi connectivity index (χ0v) is 10.9. The average molecular weight is 244 g/mol. The third-order valence-electron chi connectivity index (χ3n) is 4.03. The molecule has 1 fully saturated rings. The van der Waals surface area contributed by atoms with Gasteiger partial charge in [-0.15, -0.1) is 0 Å². The Morgan fingerprint density at radius 1 is 1.22 bits per heavy atom. The molecule has 0 saturated heterocycles. The normalized spacial score (nSPS) is 24.2. The van der Waals surface area contributed by atoms with Gasteiger partial charge in [0.15, 0.2) is 0 Å². The van der Waals surface area contributed by atoms with E-state index in [0.29, 0.717) is 6.17 Å². The van der Waals surface area contributed by atoms with Gasteiger partial charge in [-0.2, -0.15) is 5.10 Å². The number of pyridine rings is 1. The largest absolute Gasteiger partial charge is 0.339 e. The molecule has 1 aliphatic heterocycles. The van der Waals surface area contributed by atoms with E-state index in [1.54, 1.807) is 0 Å². The van der Waals surface area contributed by atoms with Gasteiger partial charge in [0.05, 0.1) is 5.69 Å². The van der Waals surface area contributed by atoms with Crippen molar-refractivity contribution in [2.45, 2.75) is 38.8 Å². The molecule has 96 valence electrons. The molecule has 0 unspecified atom stereocenters. The molecule has 2 heterocycles. The van der Waals surface area contributed by atoms with Gasteiger partial charge in [0, 0.05) is 18.9 Å². The molecule has 0 aromatic carbocycles. The summed E-state index contributed by atoms with van der Waals surface area (Å²) in [7, 11) is 0. The minimum absolute atomic E-state index is 0.403. The molecule has 1 atom stereocenters. The first-order valence-electron chi connectivity index (χ1n) is 6.89. The fourth-order valence-electron chi connectivity index (χ4n) is 3.11. The van der Waals surface area contributed by atoms with Gasteiger partial charge in [-0.25, -0.2) is 5.01 Å². The van der Waals surface area contributed by atoms with Crippen molar-refractivity contribution in [3.63, 3.8) is 0 Å². The Bertz CT molecular complexity index is 411. The topological polar surface area (TPSA) is 31.7 Å². The van der Waals surface area contributed by atoms with Crippen LogP contribution in [-0.2, 0) is 0 Å². The minimum Gasteiger partial charge on any atom is -0.339 e. The molecule has 0 N–H and O–H groups in total. The molecular weight excluding hydrogens is 224 g/mol. The van der Waals surface area contributed by atoms with Crippen LogP contribution in [-0.4, -0.2) is 28.9 Å². The smallest absolute Gasteiger partial charge is 0.127 e. The van der Waals surface area contributed by atoms with Crippen LogP contribution in [0.1, 0.15) is 32.6 Å². The van der Waals surface area contributed by atoms with E-state index >= 15 is 0 Å². The van der Waals surface area contributed by atoms with Crippen molar-refractivity contribution in [2.75, 3.05) is 11.6 Å². The lowest BCUT2D eigenvalue weighted by Crippen LogP contribution is -2.44. The zero-order valence-electron chi connectivity index (χ0n) is 10.9. The van der Waals surface area contributed by atoms with Crippen LogP contribution >= 0.6 is 0 Å². The summed E-state index contributed by atoms with van der Waals surface area (Å²) in [6.07, 6.45) is 11.4. The van der Waals surface area contributed by atoms with Gasteiger partial charge in [0.1, 0.15) is 12.5 Å². The summed E-state index contributed by atoms with van der Waals surface area (Å²) in [6.45, 7) is 3.22. The standard InChI is InChI=1S/C14H20N4/c1-2-17-11-16-18(13-7-9-15-10-8-13)14(17)12-5-3-4-6-12/h7-12,14H,2-6H2,1H3/t14-/m1/s1. The Morgan fingerprint density at radius 2 is 1.94 bits per heavy atom. The molecule has 0 radical (unpaired) electrons. The fourth-order valence-corrected chi connectivity index (χ4v) is 3.11. The van der Waals surface area contributed by atoms with Gasteiger partial charge < -0.3 is 4.90 Å². The third kappa shape index (κ3) is 1.96. The van der Waals surface area contributed by atoms with Gasteiger partial charge >= 0.3 is 0 Å². The van der Waals surface area contributed by atoms with Crippen molar-refractivity contribution >= 4 is 12.0 Å². The summed E-state index contributed by atoms with van der Waals surface area (Å²) < 4.78 is 0. The van der Waals surface area contributed by atoms with Crippen LogP contribution in [0.25, 0.3) is 0 Å². The first-order valence-corrected chi connectivity index (χ1v) is 6.89. The van der Waals surface area contributed by atoms with Crippen molar-refractivity contribution in [1.29, 1.82) is 0 Å². The second kappa shape index (κ2) is 4.96. The number of hydrogen-bond acceptors (Lipinski definition) is 4. The molecule has 4 heteroatoms. The van der Waals surface area contributed by atoms with Gasteiger partial charge in [-0.05, 0) is 37.8 Å². The van der Waals surface area contributed by atoms with Crippen LogP contribution in [0.4, 0.5) is 5.69 Å². The van der Waals surface area contributed by atoms with Crippen molar-refractivity contribution < 1.29 is 0 Å². The highest BCUT2D eigenvalue weighted by Gasteiger charge is 2.36. The van der Waals surface area contributed by atoms with Gasteiger partial charge in [0.2, 0.25) is 0 Å². The first-order chi connectivity index (χ1) is 8.90. The second-order valence-corrected chi connectivity index (χ2v) is 5.07. The molecule has 2 aliphatic rings. The molecule has 1 aromatic heterocycles. The van der Waals surface area contributed by atoms with Crippen LogP contribution in [0.15, 0.2) is 29.6 Å². The number of rotatable bonds is 3. The number of hydrazone groups is 1. The molecule has 18 heavy (non-hydrogen) atoms. The lowest BCUT2D eigenvalue weighted by Gasteiger charge is -2.34. The number of anilines is 1. The quantitative estimate of drug-likeness (QED) is 0.819. The monoisotopic (exact) mass is 244 g/mol. The van der Waals surface area contributed by atoms with E-state index in [4.69, 9.17) is 0 Å². The van der Waals surface area contributed by atoms with E-state index in [0.717, 1.165) is 18.2 Å². The molecule has 1 aromatic rings. The average Bonchev–Trinajstić information content (AvgIpc) is 3.08. The maximum atomic E-state index is 4.59. The Morgan fingerprint density at radius 3 is 2.61 bits per heavy atom. The summed E-state index contributed by atoms with van der Waals surface area (Å²) in [5, 5.41) is 6.76. The molecule has 0 amide bonds. The fraction of sp³-hybridized carbons (Fsp3) is 0.571. The summed E-state index contributed by atoms with van der Waals surface area (Å²) in [5.74, 6) is 0.737. The van der Waals surface area contributed by atoms with Crippen molar-refractivity contribution in [1.82, 2.24) is 9.88 Å². The molecule has 4 nitrogen and oxygen atoms in total. The molecule has 0 spiro atoms. The molecule has 1 saturated carbocycles. The molecular formula is C14H20N4. The third-order valence-corrected chi connectivity index (χ3v) is 4.03. The number of nitrogens with zero attached hydrogens (tertiary/aromatic N) is 4. The van der Waals surface area contributed by atoms with Gasteiger partial charge in [-0.3, -0.25) is 4.98 Å². The summed E-state index contributed by atoms with van der Waals surface area (Å²) >= 11 is 0. The lowest BCUT2D eigenvalue weighted by molar-refractivity contribution is 0.253. The lowest BCUT2D eigenvalue weighted by atomic mass is 10.0. The van der Waals surface area contributed by atoms with Crippen molar-refractivity contribution in [3.8, 4) is 0 Å². The summed E-state index contributed by atoms with van der Waals surface area (Å²) in [5.41, 5.74) is 1.15. The minimum atomic E-state index is 0.403. The van der Waals surface area contributed by atoms with E-state index in [1.807, 2.05) is 30.9 Å². The van der Waals surface area contributed by atoms with Crippen LogP contribution in [0.2, 0.25) is 0 Å². The second-order valence-electron chi connectivity index (χ2n) is 5.07. The van der Waals surface area contributed by atoms with Crippen LogP contribution in [0.5, 0.6) is 0 Å². The van der Waals surface area contributed by atoms with Crippen LogP contribution in [0.3, 0.4) is 0 Å². The SMILES string of the molecule is CCN1C=NN(c2ccncc2)[C@@H]1C1CCCC1. The molecule has 1 aliphatic carbocycles. The Hall–Kier alpha value is -1.58. The highest BCUT2D eigenvalue weighted by atomic mass is 15.6. The predicted molar refractivity (Wildman–Crippen MR) is 73.3 cm³/mol. The predicted octanol–water partition coefficient (Wildman–Crippen LogP) is 2.68. The highest BCUT2D eigenvalue weighted by molar-refractivity contribution is 5.64. The number of hydrogen-bond donors (Lipinski definition) is 0. The maximum Gasteiger partial charge on any atom is 0.127 e. The summed E-state index contributed by atoms with van der Waals surface area (Å²) in [6, 6.07) is 4.08. The molecule has 3 rings (SSSR count). The summed E-state index contributed by atoms with van der Waals surface area (Å²) in [4.78, 5) is 6.44. The van der Waals surface area contributed by atoms with E-state index in [1.165, 1.54) is 25.7 Å². The number of aromatic nitrogens is 1. The van der Waals surface area contributed by atoms with E-state index < -0.39 is 0 Å². The van der Waals surface area contributed by atoms with Crippen LogP contribution < -0.4 is 5.01 Å². The van der Waals surface area contributed by atoms with E-state index in [9.17, 15) is 0 Å². The van der Waals surface area contributed by atoms with Crippen molar-refractivity contribution in [2.24, 2.45) is 11.0 Å². The zero-order chi connectivity index (χ0) is 12.4. The van der Waals surface area contributed by atoms with Crippen LogP contribution in [0, 0.1) is 5.92 Å². The Balaban J connectivity index is 1.86. The molecule has 0 bridgehead atoms. The van der Waals surface area contributed by atoms with Crippen molar-refractivity contribution in [3.05, 3.63) is 24.5 Å². The maximum absolute atomic E-state index is 4.59. The van der Waals surface area contributed by atoms with Gasteiger partial charge in [0.25, 0.3) is 0 Å². The van der Waals surface area contributed by atoms with Gasteiger partial charge in [-0.1, -0.05) is 12.8 Å². The van der Waals surface area contributed by atoms with E-state index in [2.05, 4.69) is 26.9 Å².